The lowest BCUT2D eigenvalue weighted by Crippen LogP contribution is -2.32. The fourth-order valence-electron chi connectivity index (χ4n) is 3.66. The van der Waals surface area contributed by atoms with E-state index < -0.39 is 0 Å². The smallest absolute Gasteiger partial charge is 0.270 e. The van der Waals surface area contributed by atoms with E-state index in [0.717, 1.165) is 10.9 Å². The largest absolute Gasteiger partial charge is 0.340 e. The maximum absolute atomic E-state index is 13.0. The van der Waals surface area contributed by atoms with Gasteiger partial charge in [-0.05, 0) is 43.7 Å². The van der Waals surface area contributed by atoms with Crippen LogP contribution in [0, 0.1) is 12.8 Å². The van der Waals surface area contributed by atoms with Gasteiger partial charge in [0.25, 0.3) is 5.91 Å². The van der Waals surface area contributed by atoms with Gasteiger partial charge in [-0.25, -0.2) is 4.98 Å². The molecule has 0 saturated carbocycles. The molecule has 6 nitrogen and oxygen atoms in total. The first-order chi connectivity index (χ1) is 13.0. The molecule has 138 valence electrons. The van der Waals surface area contributed by atoms with Gasteiger partial charge in [-0.2, -0.15) is 0 Å². The summed E-state index contributed by atoms with van der Waals surface area (Å²) in [6, 6.07) is 13.5. The Morgan fingerprint density at radius 1 is 1.19 bits per heavy atom. The van der Waals surface area contributed by atoms with Crippen molar-refractivity contribution < 1.29 is 9.59 Å². The van der Waals surface area contributed by atoms with Crippen molar-refractivity contribution in [1.29, 1.82) is 0 Å². The number of hydrogen-bond donors (Lipinski definition) is 1. The Labute approximate surface area is 157 Å². The van der Waals surface area contributed by atoms with Crippen LogP contribution in [0.3, 0.4) is 0 Å². The van der Waals surface area contributed by atoms with Gasteiger partial charge in [-0.15, -0.1) is 0 Å². The van der Waals surface area contributed by atoms with Gasteiger partial charge < -0.3 is 14.8 Å². The second-order valence-electron chi connectivity index (χ2n) is 7.09. The van der Waals surface area contributed by atoms with Gasteiger partial charge >= 0.3 is 0 Å². The van der Waals surface area contributed by atoms with Crippen molar-refractivity contribution in [2.75, 3.05) is 18.4 Å². The number of likely N-dealkylation sites (tertiary alicyclic amines) is 1. The molecule has 27 heavy (non-hydrogen) atoms. The van der Waals surface area contributed by atoms with E-state index in [1.54, 1.807) is 23.2 Å². The number of nitrogens with one attached hydrogen (secondary N) is 1. The lowest BCUT2D eigenvalue weighted by Gasteiger charge is -2.17. The van der Waals surface area contributed by atoms with E-state index in [1.807, 2.05) is 42.8 Å². The number of aromatic nitrogens is 2. The Hall–Kier alpha value is -3.15. The number of aryl methyl sites for hydroxylation is 2. The zero-order chi connectivity index (χ0) is 19.0. The summed E-state index contributed by atoms with van der Waals surface area (Å²) in [7, 11) is 1.91. The fraction of sp³-hybridized carbons (Fsp3) is 0.286. The Balaban J connectivity index is 1.48. The topological polar surface area (TPSA) is 67.2 Å². The van der Waals surface area contributed by atoms with E-state index in [4.69, 9.17) is 0 Å². The van der Waals surface area contributed by atoms with Crippen LogP contribution in [-0.4, -0.2) is 39.4 Å². The zero-order valence-electron chi connectivity index (χ0n) is 15.5. The molecule has 0 unspecified atom stereocenters. The molecular weight excluding hydrogens is 340 g/mol. The normalized spacial score (nSPS) is 16.7. The van der Waals surface area contributed by atoms with Crippen molar-refractivity contribution in [1.82, 2.24) is 14.5 Å². The quantitative estimate of drug-likeness (QED) is 0.779. The Bertz CT molecular complexity index is 1010. The van der Waals surface area contributed by atoms with Crippen molar-refractivity contribution in [3.63, 3.8) is 0 Å². The number of hydrogen-bond acceptors (Lipinski definition) is 3. The van der Waals surface area contributed by atoms with Gasteiger partial charge in [0, 0.05) is 37.2 Å². The molecule has 1 fully saturated rings. The zero-order valence-corrected chi connectivity index (χ0v) is 15.5. The number of nitrogens with zero attached hydrogens (tertiary/aromatic N) is 3. The molecule has 3 heterocycles. The van der Waals surface area contributed by atoms with Crippen molar-refractivity contribution in [3.8, 4) is 0 Å². The SMILES string of the molecule is Cc1ccc2c(c1)cc(C(=O)N1CC[C@H](C(=O)Nc3ccccn3)C1)n2C. The first kappa shape index (κ1) is 17.3. The third-order valence-corrected chi connectivity index (χ3v) is 5.18. The summed E-state index contributed by atoms with van der Waals surface area (Å²) in [5, 5.41) is 3.89. The second kappa shape index (κ2) is 6.87. The van der Waals surface area contributed by atoms with Gasteiger partial charge in [0.15, 0.2) is 0 Å². The molecular formula is C21H22N4O2. The summed E-state index contributed by atoms with van der Waals surface area (Å²) in [6.45, 7) is 3.05. The van der Waals surface area contributed by atoms with E-state index in [9.17, 15) is 9.59 Å². The molecule has 0 radical (unpaired) electrons. The first-order valence-electron chi connectivity index (χ1n) is 9.10. The van der Waals surface area contributed by atoms with Crippen molar-refractivity contribution in [2.24, 2.45) is 13.0 Å². The number of amides is 2. The highest BCUT2D eigenvalue weighted by molar-refractivity contribution is 6.00. The minimum absolute atomic E-state index is 0.0283. The van der Waals surface area contributed by atoms with Gasteiger partial charge in [0.1, 0.15) is 11.5 Å². The third kappa shape index (κ3) is 3.30. The molecule has 1 aliphatic heterocycles. The predicted octanol–water partition coefficient (Wildman–Crippen LogP) is 2.98. The molecule has 6 heteroatoms. The molecule has 3 aromatic rings. The van der Waals surface area contributed by atoms with Crippen LogP contribution in [0.15, 0.2) is 48.7 Å². The van der Waals surface area contributed by atoms with Crippen molar-refractivity contribution in [3.05, 3.63) is 59.9 Å². The van der Waals surface area contributed by atoms with Crippen LogP contribution in [0.4, 0.5) is 5.82 Å². The number of carbonyl (C=O) groups is 2. The highest BCUT2D eigenvalue weighted by Crippen LogP contribution is 2.24. The summed E-state index contributed by atoms with van der Waals surface area (Å²) < 4.78 is 1.93. The minimum Gasteiger partial charge on any atom is -0.340 e. The monoisotopic (exact) mass is 362 g/mol. The van der Waals surface area contributed by atoms with E-state index in [2.05, 4.69) is 16.4 Å². The molecule has 1 N–H and O–H groups in total. The average Bonchev–Trinajstić information content (AvgIpc) is 3.27. The summed E-state index contributed by atoms with van der Waals surface area (Å²) in [5.74, 6) is 0.209. The molecule has 2 amide bonds. The van der Waals surface area contributed by atoms with E-state index in [0.29, 0.717) is 31.0 Å². The average molecular weight is 362 g/mol. The number of carbonyl (C=O) groups excluding carboxylic acids is 2. The molecule has 4 rings (SSSR count). The summed E-state index contributed by atoms with van der Waals surface area (Å²) in [5.41, 5.74) is 2.86. The van der Waals surface area contributed by atoms with Crippen LogP contribution in [0.25, 0.3) is 10.9 Å². The third-order valence-electron chi connectivity index (χ3n) is 5.18. The second-order valence-corrected chi connectivity index (χ2v) is 7.09. The Morgan fingerprint density at radius 2 is 2.04 bits per heavy atom. The van der Waals surface area contributed by atoms with E-state index in [1.165, 1.54) is 5.56 Å². The highest BCUT2D eigenvalue weighted by Gasteiger charge is 2.32. The number of pyridine rings is 1. The molecule has 2 aromatic heterocycles. The fourth-order valence-corrected chi connectivity index (χ4v) is 3.66. The molecule has 1 aromatic carbocycles. The molecule has 0 aliphatic carbocycles. The molecule has 1 aliphatic rings. The number of fused-ring (bicyclic) bond motifs is 1. The summed E-state index contributed by atoms with van der Waals surface area (Å²) in [4.78, 5) is 31.4. The highest BCUT2D eigenvalue weighted by atomic mass is 16.2. The number of benzene rings is 1. The first-order valence-corrected chi connectivity index (χ1v) is 9.10. The Kier molecular flexibility index (Phi) is 4.39. The summed E-state index contributed by atoms with van der Waals surface area (Å²) in [6.07, 6.45) is 2.30. The van der Waals surface area contributed by atoms with Crippen LogP contribution in [0.2, 0.25) is 0 Å². The van der Waals surface area contributed by atoms with Crippen LogP contribution < -0.4 is 5.32 Å². The van der Waals surface area contributed by atoms with Gasteiger partial charge in [-0.3, -0.25) is 9.59 Å². The Morgan fingerprint density at radius 3 is 2.81 bits per heavy atom. The lowest BCUT2D eigenvalue weighted by molar-refractivity contribution is -0.119. The predicted molar refractivity (Wildman–Crippen MR) is 105 cm³/mol. The van der Waals surface area contributed by atoms with Crippen LogP contribution in [-0.2, 0) is 11.8 Å². The minimum atomic E-state index is -0.215. The van der Waals surface area contributed by atoms with Crippen LogP contribution in [0.1, 0.15) is 22.5 Å². The number of rotatable bonds is 3. The van der Waals surface area contributed by atoms with Crippen LogP contribution in [0.5, 0.6) is 0 Å². The molecule has 0 spiro atoms. The van der Waals surface area contributed by atoms with Crippen LogP contribution >= 0.6 is 0 Å². The summed E-state index contributed by atoms with van der Waals surface area (Å²) >= 11 is 0. The van der Waals surface area contributed by atoms with Crippen molar-refractivity contribution in [2.45, 2.75) is 13.3 Å². The van der Waals surface area contributed by atoms with Crippen molar-refractivity contribution >= 4 is 28.5 Å². The van der Waals surface area contributed by atoms with Gasteiger partial charge in [0.05, 0.1) is 5.92 Å². The van der Waals surface area contributed by atoms with E-state index >= 15 is 0 Å². The standard InChI is InChI=1S/C21H22N4O2/c1-14-6-7-17-16(11-14)12-18(24(17)2)21(27)25-10-8-15(13-25)20(26)23-19-5-3-4-9-22-19/h3-7,9,11-12,15H,8,10,13H2,1-2H3,(H,22,23,26)/t15-/m0/s1. The van der Waals surface area contributed by atoms with Gasteiger partial charge in [0.2, 0.25) is 5.91 Å². The maximum atomic E-state index is 13.0. The number of anilines is 1. The molecule has 1 saturated heterocycles. The maximum Gasteiger partial charge on any atom is 0.270 e. The van der Waals surface area contributed by atoms with E-state index in [-0.39, 0.29) is 17.7 Å². The molecule has 1 atom stereocenters. The molecule has 0 bridgehead atoms. The van der Waals surface area contributed by atoms with Gasteiger partial charge in [-0.1, -0.05) is 17.7 Å². The lowest BCUT2D eigenvalue weighted by atomic mass is 10.1.